The highest BCUT2D eigenvalue weighted by atomic mass is 19.1. The molecule has 0 N–H and O–H groups in total. The van der Waals surface area contributed by atoms with Crippen molar-refractivity contribution in [1.82, 2.24) is 0 Å². The van der Waals surface area contributed by atoms with E-state index in [2.05, 4.69) is 0 Å². The van der Waals surface area contributed by atoms with Gasteiger partial charge in [-0.15, -0.1) is 0 Å². The number of carbonyl (C=O) groups is 2. The normalized spacial score (nSPS) is 16.1. The highest BCUT2D eigenvalue weighted by molar-refractivity contribution is 6.07. The molecule has 0 saturated heterocycles. The van der Waals surface area contributed by atoms with Crippen LogP contribution in [-0.4, -0.2) is 31.6 Å². The topological polar surface area (TPSA) is 55.8 Å². The summed E-state index contributed by atoms with van der Waals surface area (Å²) in [5.74, 6) is -1.03. The molecule has 1 heterocycles. The number of para-hydroxylation sites is 2. The van der Waals surface area contributed by atoms with Crippen molar-refractivity contribution in [3.63, 3.8) is 0 Å². The number of benzene rings is 2. The summed E-state index contributed by atoms with van der Waals surface area (Å²) in [5, 5.41) is 0. The van der Waals surface area contributed by atoms with Crippen LogP contribution in [-0.2, 0) is 9.53 Å². The van der Waals surface area contributed by atoms with Crippen LogP contribution < -0.4 is 9.64 Å². The SMILES string of the molecule is COC(=O)C1CN(C(=O)c2ccc(C)c(F)c2)c2ccccc2O1. The Labute approximate surface area is 138 Å². The molecule has 2 aromatic carbocycles. The number of ether oxygens (including phenoxy) is 2. The number of carbonyl (C=O) groups excluding carboxylic acids is 2. The van der Waals surface area contributed by atoms with E-state index in [1.165, 1.54) is 18.1 Å². The Kier molecular flexibility index (Phi) is 4.20. The fourth-order valence-corrected chi connectivity index (χ4v) is 2.56. The van der Waals surface area contributed by atoms with E-state index >= 15 is 0 Å². The zero-order valence-corrected chi connectivity index (χ0v) is 13.3. The first-order chi connectivity index (χ1) is 11.5. The summed E-state index contributed by atoms with van der Waals surface area (Å²) in [7, 11) is 1.26. The minimum absolute atomic E-state index is 0.00197. The van der Waals surface area contributed by atoms with Crippen LogP contribution in [0, 0.1) is 12.7 Å². The number of halogens is 1. The molecule has 1 aliphatic heterocycles. The van der Waals surface area contributed by atoms with E-state index < -0.39 is 23.8 Å². The van der Waals surface area contributed by atoms with E-state index in [-0.39, 0.29) is 12.1 Å². The molecule has 0 bridgehead atoms. The lowest BCUT2D eigenvalue weighted by molar-refractivity contribution is -0.148. The molecule has 6 heteroatoms. The molecule has 24 heavy (non-hydrogen) atoms. The molecule has 0 radical (unpaired) electrons. The zero-order chi connectivity index (χ0) is 17.3. The van der Waals surface area contributed by atoms with Gasteiger partial charge in [-0.2, -0.15) is 0 Å². The van der Waals surface area contributed by atoms with E-state index in [9.17, 15) is 14.0 Å². The van der Waals surface area contributed by atoms with E-state index in [0.717, 1.165) is 0 Å². The Hall–Kier alpha value is -2.89. The maximum Gasteiger partial charge on any atom is 0.348 e. The summed E-state index contributed by atoms with van der Waals surface area (Å²) in [6.07, 6.45) is -0.927. The number of methoxy groups -OCH3 is 1. The number of nitrogens with zero attached hydrogens (tertiary/aromatic N) is 1. The van der Waals surface area contributed by atoms with Crippen molar-refractivity contribution in [2.24, 2.45) is 0 Å². The average Bonchev–Trinajstić information content (AvgIpc) is 2.61. The van der Waals surface area contributed by atoms with Gasteiger partial charge in [-0.3, -0.25) is 4.79 Å². The first-order valence-corrected chi connectivity index (χ1v) is 7.43. The summed E-state index contributed by atoms with van der Waals surface area (Å²) < 4.78 is 24.1. The molecule has 1 aliphatic rings. The van der Waals surface area contributed by atoms with Crippen LogP contribution >= 0.6 is 0 Å². The summed E-state index contributed by atoms with van der Waals surface area (Å²) in [6.45, 7) is 1.62. The van der Waals surface area contributed by atoms with Crippen LogP contribution in [0.5, 0.6) is 5.75 Å². The quantitative estimate of drug-likeness (QED) is 0.795. The number of rotatable bonds is 2. The van der Waals surface area contributed by atoms with Crippen LogP contribution in [0.1, 0.15) is 15.9 Å². The molecule has 124 valence electrons. The van der Waals surface area contributed by atoms with Gasteiger partial charge in [0.05, 0.1) is 19.3 Å². The predicted octanol–water partition coefficient (Wildman–Crippen LogP) is 2.71. The van der Waals surface area contributed by atoms with Gasteiger partial charge in [0.15, 0.2) is 0 Å². The third-order valence-corrected chi connectivity index (χ3v) is 3.90. The largest absolute Gasteiger partial charge is 0.475 e. The summed E-state index contributed by atoms with van der Waals surface area (Å²) in [5.41, 5.74) is 1.20. The molecule has 1 atom stereocenters. The zero-order valence-electron chi connectivity index (χ0n) is 13.3. The molecule has 5 nitrogen and oxygen atoms in total. The standard InChI is InChI=1S/C18H16FNO4/c1-11-7-8-12(9-13(11)19)17(21)20-10-16(18(22)23-2)24-15-6-4-3-5-14(15)20/h3-9,16H,10H2,1-2H3. The second-order valence-electron chi connectivity index (χ2n) is 5.48. The third kappa shape index (κ3) is 2.82. The number of aryl methyl sites for hydroxylation is 1. The van der Waals surface area contributed by atoms with Crippen molar-refractivity contribution < 1.29 is 23.5 Å². The highest BCUT2D eigenvalue weighted by Crippen LogP contribution is 2.34. The van der Waals surface area contributed by atoms with Crippen LogP contribution in [0.4, 0.5) is 10.1 Å². The molecule has 0 aromatic heterocycles. The molecule has 1 unspecified atom stereocenters. The van der Waals surface area contributed by atoms with Crippen molar-refractivity contribution >= 4 is 17.6 Å². The van der Waals surface area contributed by atoms with Crippen molar-refractivity contribution in [3.05, 3.63) is 59.4 Å². The molecular formula is C18H16FNO4. The summed E-state index contributed by atoms with van der Waals surface area (Å²) in [6, 6.07) is 11.2. The van der Waals surface area contributed by atoms with E-state index in [0.29, 0.717) is 17.0 Å². The second-order valence-corrected chi connectivity index (χ2v) is 5.48. The molecule has 0 fully saturated rings. The predicted molar refractivity (Wildman–Crippen MR) is 85.7 cm³/mol. The van der Waals surface area contributed by atoms with Crippen molar-refractivity contribution in [2.45, 2.75) is 13.0 Å². The van der Waals surface area contributed by atoms with Crippen molar-refractivity contribution in [2.75, 3.05) is 18.6 Å². The number of hydrogen-bond acceptors (Lipinski definition) is 4. The van der Waals surface area contributed by atoms with Crippen molar-refractivity contribution in [3.8, 4) is 5.75 Å². The number of amides is 1. The van der Waals surface area contributed by atoms with Gasteiger partial charge in [0.1, 0.15) is 11.6 Å². The molecule has 1 amide bonds. The second kappa shape index (κ2) is 6.31. The fraction of sp³-hybridized carbons (Fsp3) is 0.222. The molecule has 0 saturated carbocycles. The first-order valence-electron chi connectivity index (χ1n) is 7.43. The van der Waals surface area contributed by atoms with E-state index in [4.69, 9.17) is 9.47 Å². The lowest BCUT2D eigenvalue weighted by Crippen LogP contribution is -2.47. The molecular weight excluding hydrogens is 313 g/mol. The number of fused-ring (bicyclic) bond motifs is 1. The maximum absolute atomic E-state index is 13.8. The van der Waals surface area contributed by atoms with E-state index in [1.807, 2.05) is 0 Å². The lowest BCUT2D eigenvalue weighted by Gasteiger charge is -2.33. The first kappa shape index (κ1) is 16.0. The molecule has 2 aromatic rings. The van der Waals surface area contributed by atoms with Crippen LogP contribution in [0.15, 0.2) is 42.5 Å². The van der Waals surface area contributed by atoms with Gasteiger partial charge in [-0.05, 0) is 36.8 Å². The van der Waals surface area contributed by atoms with Crippen LogP contribution in [0.2, 0.25) is 0 Å². The minimum Gasteiger partial charge on any atom is -0.475 e. The van der Waals surface area contributed by atoms with Gasteiger partial charge in [0.2, 0.25) is 6.10 Å². The van der Waals surface area contributed by atoms with Gasteiger partial charge in [-0.1, -0.05) is 18.2 Å². The maximum atomic E-state index is 13.8. The van der Waals surface area contributed by atoms with Crippen molar-refractivity contribution in [1.29, 1.82) is 0 Å². The Morgan fingerprint density at radius 2 is 2.00 bits per heavy atom. The number of esters is 1. The van der Waals surface area contributed by atoms with Gasteiger partial charge in [0.25, 0.3) is 5.91 Å². The van der Waals surface area contributed by atoms with E-state index in [1.54, 1.807) is 43.3 Å². The van der Waals surface area contributed by atoms with Crippen LogP contribution in [0.3, 0.4) is 0 Å². The van der Waals surface area contributed by atoms with Gasteiger partial charge in [-0.25, -0.2) is 9.18 Å². The van der Waals surface area contributed by atoms with Gasteiger partial charge >= 0.3 is 5.97 Å². The minimum atomic E-state index is -0.927. The Balaban J connectivity index is 1.99. The van der Waals surface area contributed by atoms with Gasteiger partial charge in [0, 0.05) is 5.56 Å². The Bertz CT molecular complexity index is 805. The monoisotopic (exact) mass is 329 g/mol. The Morgan fingerprint density at radius 1 is 1.25 bits per heavy atom. The highest BCUT2D eigenvalue weighted by Gasteiger charge is 2.34. The smallest absolute Gasteiger partial charge is 0.348 e. The summed E-state index contributed by atoms with van der Waals surface area (Å²) in [4.78, 5) is 26.1. The molecule has 3 rings (SSSR count). The Morgan fingerprint density at radius 3 is 2.71 bits per heavy atom. The number of hydrogen-bond donors (Lipinski definition) is 0. The molecule has 0 spiro atoms. The fourth-order valence-electron chi connectivity index (χ4n) is 2.56. The summed E-state index contributed by atoms with van der Waals surface area (Å²) >= 11 is 0. The average molecular weight is 329 g/mol. The third-order valence-electron chi connectivity index (χ3n) is 3.90. The number of anilines is 1. The van der Waals surface area contributed by atoms with Gasteiger partial charge < -0.3 is 14.4 Å². The van der Waals surface area contributed by atoms with Crippen LogP contribution in [0.25, 0.3) is 0 Å². The lowest BCUT2D eigenvalue weighted by atomic mass is 10.1. The molecule has 0 aliphatic carbocycles.